The number of pyridine rings is 1. The lowest BCUT2D eigenvalue weighted by atomic mass is 10.3. The van der Waals surface area contributed by atoms with Crippen molar-refractivity contribution in [2.24, 2.45) is 0 Å². The highest BCUT2D eigenvalue weighted by Gasteiger charge is 2.30. The maximum atomic E-state index is 12.1. The Labute approximate surface area is 94.2 Å². The molecule has 1 heterocycles. The van der Waals surface area contributed by atoms with E-state index in [-0.39, 0.29) is 0 Å². The van der Waals surface area contributed by atoms with Gasteiger partial charge in [0, 0.05) is 13.2 Å². The minimum absolute atomic E-state index is 0.298. The van der Waals surface area contributed by atoms with Gasteiger partial charge in [-0.15, -0.1) is 0 Å². The van der Waals surface area contributed by atoms with Crippen LogP contribution >= 0.6 is 15.9 Å². The molecule has 0 aliphatic heterocycles. The maximum Gasteiger partial charge on any atom is 0.405 e. The van der Waals surface area contributed by atoms with Gasteiger partial charge in [-0.1, -0.05) is 0 Å². The molecule has 0 fully saturated rings. The molecule has 0 bridgehead atoms. The molecule has 0 amide bonds. The first kappa shape index (κ1) is 12.3. The topological polar surface area (TPSA) is 16.1 Å². The second-order valence-corrected chi connectivity index (χ2v) is 4.03. The van der Waals surface area contributed by atoms with Gasteiger partial charge < -0.3 is 4.90 Å². The fourth-order valence-electron chi connectivity index (χ4n) is 1.14. The molecule has 0 radical (unpaired) electrons. The third-order valence-corrected chi connectivity index (χ3v) is 2.82. The molecule has 0 aromatic carbocycles. The van der Waals surface area contributed by atoms with Gasteiger partial charge in [-0.3, -0.25) is 0 Å². The Hall–Kier alpha value is -0.780. The van der Waals surface area contributed by atoms with E-state index in [9.17, 15) is 13.2 Å². The van der Waals surface area contributed by atoms with Crippen molar-refractivity contribution in [3.05, 3.63) is 22.3 Å². The van der Waals surface area contributed by atoms with Gasteiger partial charge in [-0.2, -0.15) is 13.2 Å². The van der Waals surface area contributed by atoms with Crippen LogP contribution < -0.4 is 4.90 Å². The van der Waals surface area contributed by atoms with E-state index in [1.807, 2.05) is 0 Å². The minimum atomic E-state index is -4.22. The lowest BCUT2D eigenvalue weighted by Crippen LogP contribution is -2.31. The van der Waals surface area contributed by atoms with Gasteiger partial charge in [0.25, 0.3) is 0 Å². The summed E-state index contributed by atoms with van der Waals surface area (Å²) in [6.45, 7) is 0.790. The molecule has 0 aliphatic carbocycles. The van der Waals surface area contributed by atoms with Gasteiger partial charge in [0.2, 0.25) is 0 Å². The number of aryl methyl sites for hydroxylation is 1. The van der Waals surface area contributed by atoms with Crippen molar-refractivity contribution < 1.29 is 13.2 Å². The van der Waals surface area contributed by atoms with E-state index in [0.29, 0.717) is 10.3 Å². The Balaban J connectivity index is 2.92. The van der Waals surface area contributed by atoms with E-state index < -0.39 is 12.7 Å². The molecule has 15 heavy (non-hydrogen) atoms. The number of aromatic nitrogens is 1. The zero-order chi connectivity index (χ0) is 11.6. The third-order valence-electron chi connectivity index (χ3n) is 1.84. The van der Waals surface area contributed by atoms with Crippen LogP contribution in [0.2, 0.25) is 0 Å². The third kappa shape index (κ3) is 3.37. The van der Waals surface area contributed by atoms with Crippen LogP contribution in [0, 0.1) is 6.92 Å². The molecule has 0 aliphatic rings. The molecule has 0 saturated heterocycles. The molecule has 6 heteroatoms. The number of rotatable bonds is 2. The predicted octanol–water partition coefficient (Wildman–Crippen LogP) is 3.15. The van der Waals surface area contributed by atoms with Crippen molar-refractivity contribution in [2.75, 3.05) is 18.5 Å². The molecule has 2 nitrogen and oxygen atoms in total. The Morgan fingerprint density at radius 2 is 2.07 bits per heavy atom. The van der Waals surface area contributed by atoms with Gasteiger partial charge in [0.05, 0.1) is 4.47 Å². The van der Waals surface area contributed by atoms with Crippen molar-refractivity contribution in [2.45, 2.75) is 13.1 Å². The Bertz CT molecular complexity index is 352. The SMILES string of the molecule is Cc1ccnc(N(C)CC(F)(F)F)c1Br. The van der Waals surface area contributed by atoms with E-state index in [1.165, 1.54) is 13.2 Å². The summed E-state index contributed by atoms with van der Waals surface area (Å²) in [5, 5.41) is 0. The molecule has 1 aromatic rings. The smallest absolute Gasteiger partial charge is 0.350 e. The monoisotopic (exact) mass is 282 g/mol. The van der Waals surface area contributed by atoms with Crippen LogP contribution in [-0.2, 0) is 0 Å². The number of alkyl halides is 3. The second kappa shape index (κ2) is 4.38. The van der Waals surface area contributed by atoms with Gasteiger partial charge in [-0.25, -0.2) is 4.98 Å². The summed E-state index contributed by atoms with van der Waals surface area (Å²) in [5.74, 6) is 0.298. The van der Waals surface area contributed by atoms with Gasteiger partial charge in [0.15, 0.2) is 0 Å². The standard InChI is InChI=1S/C9H10BrF3N2/c1-6-3-4-14-8(7(6)10)15(2)5-9(11,12)13/h3-4H,5H2,1-2H3. The van der Waals surface area contributed by atoms with Crippen molar-refractivity contribution in [3.8, 4) is 0 Å². The molecule has 0 N–H and O–H groups in total. The van der Waals surface area contributed by atoms with Crippen LogP contribution in [0.3, 0.4) is 0 Å². The van der Waals surface area contributed by atoms with E-state index in [1.54, 1.807) is 13.0 Å². The van der Waals surface area contributed by atoms with Crippen LogP contribution in [0.15, 0.2) is 16.7 Å². The zero-order valence-corrected chi connectivity index (χ0v) is 9.85. The van der Waals surface area contributed by atoms with E-state index in [0.717, 1.165) is 10.5 Å². The molecule has 0 spiro atoms. The first-order chi connectivity index (χ1) is 6.81. The number of nitrogens with zero attached hydrogens (tertiary/aromatic N) is 2. The van der Waals surface area contributed by atoms with Crippen LogP contribution in [0.1, 0.15) is 5.56 Å². The molecule has 84 valence electrons. The van der Waals surface area contributed by atoms with Crippen LogP contribution in [0.4, 0.5) is 19.0 Å². The lowest BCUT2D eigenvalue weighted by Gasteiger charge is -2.21. The Morgan fingerprint density at radius 1 is 1.47 bits per heavy atom. The summed E-state index contributed by atoms with van der Waals surface area (Å²) in [5.41, 5.74) is 0.856. The molecule has 0 atom stereocenters. The predicted molar refractivity (Wildman–Crippen MR) is 56.0 cm³/mol. The average molecular weight is 283 g/mol. The second-order valence-electron chi connectivity index (χ2n) is 3.24. The molecule has 1 aromatic heterocycles. The summed E-state index contributed by atoms with van der Waals surface area (Å²) in [4.78, 5) is 4.97. The molecular weight excluding hydrogens is 273 g/mol. The Kier molecular flexibility index (Phi) is 3.59. The van der Waals surface area contributed by atoms with Crippen molar-refractivity contribution in [1.82, 2.24) is 4.98 Å². The Morgan fingerprint density at radius 3 is 2.60 bits per heavy atom. The van der Waals surface area contributed by atoms with Gasteiger partial charge in [0.1, 0.15) is 12.4 Å². The maximum absolute atomic E-state index is 12.1. The number of hydrogen-bond donors (Lipinski definition) is 0. The zero-order valence-electron chi connectivity index (χ0n) is 8.27. The van der Waals surface area contributed by atoms with E-state index >= 15 is 0 Å². The van der Waals surface area contributed by atoms with E-state index in [4.69, 9.17) is 0 Å². The van der Waals surface area contributed by atoms with Crippen LogP contribution in [-0.4, -0.2) is 24.8 Å². The van der Waals surface area contributed by atoms with Crippen molar-refractivity contribution in [1.29, 1.82) is 0 Å². The first-order valence-corrected chi connectivity index (χ1v) is 4.99. The molecule has 0 unspecified atom stereocenters. The lowest BCUT2D eigenvalue weighted by molar-refractivity contribution is -0.119. The highest BCUT2D eigenvalue weighted by molar-refractivity contribution is 9.10. The summed E-state index contributed by atoms with van der Waals surface area (Å²) in [7, 11) is 1.36. The quantitative estimate of drug-likeness (QED) is 0.828. The molecule has 1 rings (SSSR count). The van der Waals surface area contributed by atoms with Crippen LogP contribution in [0.25, 0.3) is 0 Å². The first-order valence-electron chi connectivity index (χ1n) is 4.20. The summed E-state index contributed by atoms with van der Waals surface area (Å²) >= 11 is 3.22. The normalized spacial score (nSPS) is 11.6. The number of halogens is 4. The summed E-state index contributed by atoms with van der Waals surface area (Å²) in [6, 6.07) is 1.73. The fraction of sp³-hybridized carbons (Fsp3) is 0.444. The van der Waals surface area contributed by atoms with Gasteiger partial charge >= 0.3 is 6.18 Å². The summed E-state index contributed by atoms with van der Waals surface area (Å²) in [6.07, 6.45) is -2.73. The number of anilines is 1. The van der Waals surface area contributed by atoms with Crippen molar-refractivity contribution in [3.63, 3.8) is 0 Å². The van der Waals surface area contributed by atoms with Crippen molar-refractivity contribution >= 4 is 21.7 Å². The van der Waals surface area contributed by atoms with E-state index in [2.05, 4.69) is 20.9 Å². The number of hydrogen-bond acceptors (Lipinski definition) is 2. The molecular formula is C9H10BrF3N2. The molecule has 0 saturated carbocycles. The largest absolute Gasteiger partial charge is 0.405 e. The highest BCUT2D eigenvalue weighted by Crippen LogP contribution is 2.28. The average Bonchev–Trinajstić information content (AvgIpc) is 2.06. The highest BCUT2D eigenvalue weighted by atomic mass is 79.9. The minimum Gasteiger partial charge on any atom is -0.350 e. The fourth-order valence-corrected chi connectivity index (χ4v) is 1.67. The van der Waals surface area contributed by atoms with Gasteiger partial charge in [-0.05, 0) is 34.5 Å². The van der Waals surface area contributed by atoms with Crippen LogP contribution in [0.5, 0.6) is 0 Å². The summed E-state index contributed by atoms with van der Waals surface area (Å²) < 4.78 is 37.0.